The predicted molar refractivity (Wildman–Crippen MR) is 59.0 cm³/mol. The van der Waals surface area contributed by atoms with E-state index in [1.165, 1.54) is 11.3 Å². The van der Waals surface area contributed by atoms with Crippen molar-refractivity contribution in [3.8, 4) is 5.75 Å². The molecule has 2 radical (unpaired) electrons. The topological polar surface area (TPSA) is 20.2 Å². The van der Waals surface area contributed by atoms with Crippen LogP contribution in [0, 0.1) is 0 Å². The van der Waals surface area contributed by atoms with Crippen molar-refractivity contribution in [2.24, 2.45) is 0 Å². The smallest absolute Gasteiger partial charge is 0.130 e. The van der Waals surface area contributed by atoms with Crippen LogP contribution in [0.4, 0.5) is 0 Å². The molecule has 0 atom stereocenters. The monoisotopic (exact) mass is 186 g/mol. The summed E-state index contributed by atoms with van der Waals surface area (Å²) in [5.74, 6) is 0.228. The lowest BCUT2D eigenvalue weighted by Crippen LogP contribution is -1.97. The first-order valence-corrected chi connectivity index (χ1v) is 4.73. The normalized spacial score (nSPS) is 10.5. The maximum atomic E-state index is 9.77. The van der Waals surface area contributed by atoms with Gasteiger partial charge in [0.1, 0.15) is 13.6 Å². The Hall–Kier alpha value is -1.22. The number of aromatic hydroxyl groups is 1. The van der Waals surface area contributed by atoms with Crippen molar-refractivity contribution in [3.63, 3.8) is 0 Å². The lowest BCUT2D eigenvalue weighted by Gasteiger charge is -2.01. The van der Waals surface area contributed by atoms with E-state index in [0.29, 0.717) is 5.46 Å². The van der Waals surface area contributed by atoms with Crippen LogP contribution in [0.25, 0.3) is 16.2 Å². The Kier molecular flexibility index (Phi) is 1.89. The highest BCUT2D eigenvalue weighted by atomic mass is 32.1. The van der Waals surface area contributed by atoms with Gasteiger partial charge < -0.3 is 5.11 Å². The molecule has 0 aliphatic heterocycles. The molecule has 1 N–H and O–H groups in total. The van der Waals surface area contributed by atoms with Crippen molar-refractivity contribution in [3.05, 3.63) is 29.7 Å². The number of thiophene rings is 1. The standard InChI is InChI=1S/C10H7BOS/c1-2-6-3-4-8-9(10(6)12)7(11)5-13-8/h2-5,12H,1H2. The molecule has 1 aromatic carbocycles. The molecule has 0 fully saturated rings. The Balaban J connectivity index is 2.91. The van der Waals surface area contributed by atoms with Gasteiger partial charge in [0.2, 0.25) is 0 Å². The highest BCUT2D eigenvalue weighted by Gasteiger charge is 2.07. The average Bonchev–Trinajstić information content (AvgIpc) is 2.49. The van der Waals surface area contributed by atoms with Gasteiger partial charge in [-0.05, 0) is 17.5 Å². The Morgan fingerprint density at radius 3 is 2.92 bits per heavy atom. The molecule has 1 aromatic heterocycles. The van der Waals surface area contributed by atoms with E-state index in [9.17, 15) is 5.11 Å². The Bertz CT molecular complexity index is 473. The molecule has 1 nitrogen and oxygen atoms in total. The van der Waals surface area contributed by atoms with Gasteiger partial charge in [-0.15, -0.1) is 11.3 Å². The second kappa shape index (κ2) is 2.93. The van der Waals surface area contributed by atoms with Crippen LogP contribution >= 0.6 is 11.3 Å². The first-order chi connectivity index (χ1) is 6.24. The lowest BCUT2D eigenvalue weighted by molar-refractivity contribution is 0.481. The Morgan fingerprint density at radius 1 is 1.46 bits per heavy atom. The zero-order valence-electron chi connectivity index (χ0n) is 6.95. The van der Waals surface area contributed by atoms with Crippen LogP contribution in [0.3, 0.4) is 0 Å². The van der Waals surface area contributed by atoms with Crippen molar-refractivity contribution >= 4 is 40.8 Å². The van der Waals surface area contributed by atoms with Gasteiger partial charge in [0.05, 0.1) is 0 Å². The average molecular weight is 186 g/mol. The molecule has 0 saturated carbocycles. The van der Waals surface area contributed by atoms with Crippen molar-refractivity contribution in [1.29, 1.82) is 0 Å². The summed E-state index contributed by atoms with van der Waals surface area (Å²) in [6, 6.07) is 3.77. The summed E-state index contributed by atoms with van der Waals surface area (Å²) in [5.41, 5.74) is 1.35. The maximum absolute atomic E-state index is 9.77. The first-order valence-electron chi connectivity index (χ1n) is 3.85. The fraction of sp³-hybridized carbons (Fsp3) is 0. The third-order valence-electron chi connectivity index (χ3n) is 1.99. The molecule has 0 saturated heterocycles. The number of hydrogen-bond acceptors (Lipinski definition) is 2. The van der Waals surface area contributed by atoms with Gasteiger partial charge in [-0.2, -0.15) is 0 Å². The largest absolute Gasteiger partial charge is 0.507 e. The third-order valence-corrected chi connectivity index (χ3v) is 2.96. The Labute approximate surface area is 81.7 Å². The lowest BCUT2D eigenvalue weighted by atomic mass is 9.94. The molecule has 0 aliphatic carbocycles. The SMILES string of the molecule is [B]c1csc2ccc(C=C)c(O)c12. The van der Waals surface area contributed by atoms with Gasteiger partial charge in [0.25, 0.3) is 0 Å². The van der Waals surface area contributed by atoms with Crippen LogP contribution in [0.5, 0.6) is 5.75 Å². The molecule has 0 spiro atoms. The number of hydrogen-bond donors (Lipinski definition) is 1. The summed E-state index contributed by atoms with van der Waals surface area (Å²) in [5, 5.41) is 12.3. The van der Waals surface area contributed by atoms with Gasteiger partial charge in [0, 0.05) is 15.6 Å². The molecule has 2 aromatic rings. The number of rotatable bonds is 1. The molecular weight excluding hydrogens is 179 g/mol. The molecule has 1 heterocycles. The molecule has 0 unspecified atom stereocenters. The van der Waals surface area contributed by atoms with Crippen molar-refractivity contribution in [2.75, 3.05) is 0 Å². The molecule has 0 aliphatic rings. The number of fused-ring (bicyclic) bond motifs is 1. The van der Waals surface area contributed by atoms with Crippen LogP contribution in [-0.2, 0) is 0 Å². The molecule has 3 heteroatoms. The summed E-state index contributed by atoms with van der Waals surface area (Å²) in [6.45, 7) is 3.62. The van der Waals surface area contributed by atoms with E-state index >= 15 is 0 Å². The van der Waals surface area contributed by atoms with Gasteiger partial charge in [-0.25, -0.2) is 0 Å². The summed E-state index contributed by atoms with van der Waals surface area (Å²) >= 11 is 1.53. The number of phenols is 1. The van der Waals surface area contributed by atoms with Gasteiger partial charge in [-0.1, -0.05) is 18.1 Å². The van der Waals surface area contributed by atoms with Crippen molar-refractivity contribution in [2.45, 2.75) is 0 Å². The van der Waals surface area contributed by atoms with Crippen LogP contribution in [-0.4, -0.2) is 13.0 Å². The second-order valence-corrected chi connectivity index (χ2v) is 3.68. The van der Waals surface area contributed by atoms with E-state index in [-0.39, 0.29) is 5.75 Å². The van der Waals surface area contributed by atoms with Crippen molar-refractivity contribution < 1.29 is 5.11 Å². The number of phenolic OH excluding ortho intramolecular Hbond substituents is 1. The summed E-state index contributed by atoms with van der Waals surface area (Å²) in [7, 11) is 5.72. The van der Waals surface area contributed by atoms with E-state index in [4.69, 9.17) is 7.85 Å². The van der Waals surface area contributed by atoms with Gasteiger partial charge in [0.15, 0.2) is 0 Å². The number of benzene rings is 1. The molecular formula is C10H7BOS. The minimum Gasteiger partial charge on any atom is -0.507 e. The second-order valence-electron chi connectivity index (χ2n) is 2.77. The summed E-state index contributed by atoms with van der Waals surface area (Å²) in [6.07, 6.45) is 1.62. The quantitative estimate of drug-likeness (QED) is 0.675. The predicted octanol–water partition coefficient (Wildman–Crippen LogP) is 2.04. The highest BCUT2D eigenvalue weighted by molar-refractivity contribution is 7.18. The van der Waals surface area contributed by atoms with Gasteiger partial charge >= 0.3 is 0 Å². The minimum atomic E-state index is 0.228. The summed E-state index contributed by atoms with van der Waals surface area (Å²) in [4.78, 5) is 0. The molecule has 62 valence electrons. The molecule has 0 bridgehead atoms. The van der Waals surface area contributed by atoms with Crippen LogP contribution in [0.15, 0.2) is 24.1 Å². The molecule has 13 heavy (non-hydrogen) atoms. The molecule has 0 amide bonds. The Morgan fingerprint density at radius 2 is 2.23 bits per heavy atom. The van der Waals surface area contributed by atoms with E-state index in [0.717, 1.165) is 15.6 Å². The molecule has 2 rings (SSSR count). The van der Waals surface area contributed by atoms with E-state index < -0.39 is 0 Å². The highest BCUT2D eigenvalue weighted by Crippen LogP contribution is 2.30. The first kappa shape index (κ1) is 8.39. The fourth-order valence-electron chi connectivity index (χ4n) is 1.32. The van der Waals surface area contributed by atoms with Crippen LogP contribution in [0.1, 0.15) is 5.56 Å². The van der Waals surface area contributed by atoms with Crippen molar-refractivity contribution in [1.82, 2.24) is 0 Å². The van der Waals surface area contributed by atoms with E-state index in [1.807, 2.05) is 17.5 Å². The van der Waals surface area contributed by atoms with Gasteiger partial charge in [-0.3, -0.25) is 0 Å². The third kappa shape index (κ3) is 1.16. The fourth-order valence-corrected chi connectivity index (χ4v) is 2.17. The van der Waals surface area contributed by atoms with E-state index in [2.05, 4.69) is 6.58 Å². The zero-order valence-corrected chi connectivity index (χ0v) is 7.77. The van der Waals surface area contributed by atoms with Crippen LogP contribution in [0.2, 0.25) is 0 Å². The zero-order chi connectivity index (χ0) is 9.42. The minimum absolute atomic E-state index is 0.228. The summed E-state index contributed by atoms with van der Waals surface area (Å²) < 4.78 is 1.00. The van der Waals surface area contributed by atoms with E-state index in [1.54, 1.807) is 6.08 Å². The maximum Gasteiger partial charge on any atom is 0.130 e. The van der Waals surface area contributed by atoms with Crippen LogP contribution < -0.4 is 5.46 Å².